The van der Waals surface area contributed by atoms with Gasteiger partial charge in [-0.2, -0.15) is 13.9 Å². The van der Waals surface area contributed by atoms with Crippen LogP contribution < -0.4 is 10.5 Å². The molecule has 154 valence electrons. The first-order valence-electron chi connectivity index (χ1n) is 9.52. The number of amides is 2. The van der Waals surface area contributed by atoms with Crippen molar-refractivity contribution in [3.8, 4) is 0 Å². The molecule has 2 aromatic rings. The Balaban J connectivity index is 1.48. The van der Waals surface area contributed by atoms with E-state index in [1.165, 1.54) is 0 Å². The van der Waals surface area contributed by atoms with Gasteiger partial charge in [-0.15, -0.1) is 4.36 Å². The Morgan fingerprint density at radius 3 is 2.76 bits per heavy atom. The lowest BCUT2D eigenvalue weighted by atomic mass is 10.0. The molecule has 1 spiro atoms. The second-order valence-electron chi connectivity index (χ2n) is 7.90. The fraction of sp³-hybridized carbons (Fsp3) is 0.500. The molecule has 3 aliphatic rings. The second-order valence-corrected chi connectivity index (χ2v) is 9.69. The first-order valence-corrected chi connectivity index (χ1v) is 11.1. The molecule has 8 nitrogen and oxygen atoms in total. The van der Waals surface area contributed by atoms with E-state index in [0.717, 1.165) is 85.5 Å². The summed E-state index contributed by atoms with van der Waals surface area (Å²) in [6.45, 7) is -2.90. The number of nitrogens with zero attached hydrogens (tertiary/aromatic N) is 4. The highest BCUT2D eigenvalue weighted by molar-refractivity contribution is 7.91. The van der Waals surface area contributed by atoms with Crippen molar-refractivity contribution in [2.24, 2.45) is 9.50 Å². The number of aromatic nitrogens is 3. The van der Waals surface area contributed by atoms with E-state index in [9.17, 15) is 17.8 Å². The van der Waals surface area contributed by atoms with Gasteiger partial charge in [0.05, 0.1) is 17.6 Å². The minimum atomic E-state index is -3.70. The normalized spacial score (nSPS) is 20.4. The van der Waals surface area contributed by atoms with Gasteiger partial charge in [-0.3, -0.25) is 4.98 Å². The highest BCUT2D eigenvalue weighted by Gasteiger charge is 2.51. The second kappa shape index (κ2) is 6.30. The summed E-state index contributed by atoms with van der Waals surface area (Å²) < 4.78 is 41.9. The molecule has 0 radical (unpaired) electrons. The number of carbonyl (C=O) groups is 1. The number of carbonyl (C=O) groups excluding carboxylic acids is 1. The molecule has 3 N–H and O–H groups in total. The number of rotatable bonds is 3. The lowest BCUT2D eigenvalue weighted by Gasteiger charge is -2.16. The van der Waals surface area contributed by atoms with E-state index in [1.807, 2.05) is 0 Å². The number of alkyl halides is 2. The minimum absolute atomic E-state index is 0.162. The number of aryl methyl sites for hydroxylation is 1. The molecule has 2 aromatic heterocycles. The van der Waals surface area contributed by atoms with Crippen LogP contribution in [0.1, 0.15) is 54.7 Å². The van der Waals surface area contributed by atoms with Crippen molar-refractivity contribution in [1.82, 2.24) is 14.8 Å². The number of anilines is 1. The summed E-state index contributed by atoms with van der Waals surface area (Å²) in [4.78, 5) is 17.3. The SMILES string of the molecule is N[S@@](=O)(=NC(=O)Nc1c2c(nc3c1CCC31CC1)CCC2)c1cnn(C(F)F)c1. The van der Waals surface area contributed by atoms with Crippen LogP contribution in [0.15, 0.2) is 21.7 Å². The zero-order valence-corrected chi connectivity index (χ0v) is 16.3. The smallest absolute Gasteiger partial charge is 0.305 e. The molecule has 0 unspecified atom stereocenters. The lowest BCUT2D eigenvalue weighted by Crippen LogP contribution is -2.19. The molecular weight excluding hydrogens is 402 g/mol. The number of urea groups is 1. The molecule has 5 rings (SSSR count). The highest BCUT2D eigenvalue weighted by Crippen LogP contribution is 2.58. The van der Waals surface area contributed by atoms with Gasteiger partial charge in [0, 0.05) is 17.3 Å². The minimum Gasteiger partial charge on any atom is -0.305 e. The molecule has 2 amide bonds. The van der Waals surface area contributed by atoms with Gasteiger partial charge in [-0.25, -0.2) is 18.8 Å². The summed E-state index contributed by atoms with van der Waals surface area (Å²) in [5, 5.41) is 11.9. The van der Waals surface area contributed by atoms with Crippen molar-refractivity contribution in [3.63, 3.8) is 0 Å². The molecule has 0 aliphatic heterocycles. The van der Waals surface area contributed by atoms with Crippen molar-refractivity contribution in [3.05, 3.63) is 34.9 Å². The third kappa shape index (κ3) is 3.03. The number of pyridine rings is 1. The quantitative estimate of drug-likeness (QED) is 0.791. The topological polar surface area (TPSA) is 115 Å². The maximum absolute atomic E-state index is 12.7. The fourth-order valence-corrected chi connectivity index (χ4v) is 5.32. The number of hydrogen-bond acceptors (Lipinski definition) is 4. The average molecular weight is 422 g/mol. The molecule has 0 saturated heterocycles. The van der Waals surface area contributed by atoms with Gasteiger partial charge in [0.25, 0.3) is 0 Å². The van der Waals surface area contributed by atoms with Crippen LogP contribution in [0.5, 0.6) is 0 Å². The summed E-state index contributed by atoms with van der Waals surface area (Å²) in [5.74, 6) is 0. The molecule has 0 aromatic carbocycles. The first-order chi connectivity index (χ1) is 13.8. The summed E-state index contributed by atoms with van der Waals surface area (Å²) in [6.07, 6.45) is 8.54. The maximum atomic E-state index is 12.7. The van der Waals surface area contributed by atoms with Gasteiger partial charge < -0.3 is 5.32 Å². The molecule has 0 bridgehead atoms. The van der Waals surface area contributed by atoms with Crippen LogP contribution in [-0.4, -0.2) is 25.0 Å². The zero-order valence-electron chi connectivity index (χ0n) is 15.5. The van der Waals surface area contributed by atoms with Gasteiger partial charge >= 0.3 is 12.6 Å². The molecule has 1 fully saturated rings. The number of hydrogen-bond donors (Lipinski definition) is 2. The van der Waals surface area contributed by atoms with Crippen LogP contribution in [0.4, 0.5) is 19.3 Å². The Morgan fingerprint density at radius 1 is 1.28 bits per heavy atom. The van der Waals surface area contributed by atoms with Gasteiger partial charge in [-0.05, 0) is 56.1 Å². The summed E-state index contributed by atoms with van der Waals surface area (Å²) in [6, 6.07) is -0.860. The summed E-state index contributed by atoms with van der Waals surface area (Å²) in [5.41, 5.74) is 5.03. The van der Waals surface area contributed by atoms with Gasteiger partial charge in [0.15, 0.2) is 0 Å². The Morgan fingerprint density at radius 2 is 2.07 bits per heavy atom. The number of fused-ring (bicyclic) bond motifs is 3. The standard InChI is InChI=1S/C18H20F2N6O2S/c19-16(20)26-9-10(8-22-26)29(21,28)25-17(27)24-14-11-2-1-3-13(11)23-15-12(14)4-5-18(15)6-7-18/h8-9,16H,1-7H2,(H3,21,23,24,25,27,28)/t29-/m1/s1. The Kier molecular flexibility index (Phi) is 4.04. The first kappa shape index (κ1) is 18.6. The van der Waals surface area contributed by atoms with Crippen LogP contribution in [0.25, 0.3) is 0 Å². The molecule has 2 heterocycles. The van der Waals surface area contributed by atoms with Crippen LogP contribution in [0.3, 0.4) is 0 Å². The van der Waals surface area contributed by atoms with Crippen molar-refractivity contribution in [2.45, 2.75) is 61.8 Å². The van der Waals surface area contributed by atoms with E-state index < -0.39 is 22.5 Å². The van der Waals surface area contributed by atoms with E-state index in [1.54, 1.807) is 0 Å². The Labute approximate surface area is 166 Å². The lowest BCUT2D eigenvalue weighted by molar-refractivity contribution is 0.0564. The van der Waals surface area contributed by atoms with E-state index in [4.69, 9.17) is 10.1 Å². The van der Waals surface area contributed by atoms with E-state index in [-0.39, 0.29) is 10.3 Å². The van der Waals surface area contributed by atoms with Crippen molar-refractivity contribution in [1.29, 1.82) is 0 Å². The van der Waals surface area contributed by atoms with Crippen LogP contribution in [0, 0.1) is 0 Å². The monoisotopic (exact) mass is 422 g/mol. The van der Waals surface area contributed by atoms with E-state index in [2.05, 4.69) is 14.8 Å². The largest absolute Gasteiger partial charge is 0.354 e. The molecule has 11 heteroatoms. The molecule has 1 saturated carbocycles. The predicted molar refractivity (Wildman–Crippen MR) is 101 cm³/mol. The molecular formula is C18H20F2N6O2S. The fourth-order valence-electron chi connectivity index (χ4n) is 4.46. The zero-order chi connectivity index (χ0) is 20.4. The van der Waals surface area contributed by atoms with Crippen molar-refractivity contribution < 1.29 is 17.8 Å². The van der Waals surface area contributed by atoms with Gasteiger partial charge in [0.1, 0.15) is 14.8 Å². The van der Waals surface area contributed by atoms with Gasteiger partial charge in [-0.1, -0.05) is 0 Å². The number of halogens is 2. The molecule has 3 aliphatic carbocycles. The number of nitrogens with two attached hydrogens (primary N) is 1. The Hall–Kier alpha value is -2.40. The van der Waals surface area contributed by atoms with Crippen LogP contribution in [-0.2, 0) is 34.6 Å². The molecule has 29 heavy (non-hydrogen) atoms. The third-order valence-electron chi connectivity index (χ3n) is 6.10. The predicted octanol–water partition coefficient (Wildman–Crippen LogP) is 3.07. The van der Waals surface area contributed by atoms with Crippen LogP contribution in [0.2, 0.25) is 0 Å². The van der Waals surface area contributed by atoms with Crippen molar-refractivity contribution in [2.75, 3.05) is 5.32 Å². The van der Waals surface area contributed by atoms with Crippen molar-refractivity contribution >= 4 is 21.6 Å². The van der Waals surface area contributed by atoms with Gasteiger partial charge in [0.2, 0.25) is 0 Å². The van der Waals surface area contributed by atoms with E-state index in [0.29, 0.717) is 4.68 Å². The maximum Gasteiger partial charge on any atom is 0.354 e. The highest BCUT2D eigenvalue weighted by atomic mass is 32.2. The Bertz CT molecular complexity index is 1150. The average Bonchev–Trinajstić information content (AvgIpc) is 3.05. The van der Waals surface area contributed by atoms with E-state index >= 15 is 0 Å². The van der Waals surface area contributed by atoms with Crippen LogP contribution >= 0.6 is 0 Å². The summed E-state index contributed by atoms with van der Waals surface area (Å²) >= 11 is 0. The number of nitrogens with one attached hydrogen (secondary N) is 1. The summed E-state index contributed by atoms with van der Waals surface area (Å²) in [7, 11) is -3.70. The third-order valence-corrected chi connectivity index (χ3v) is 7.42. The molecule has 1 atom stereocenters.